The van der Waals surface area contributed by atoms with Crippen molar-refractivity contribution in [2.75, 3.05) is 0 Å². The molecule has 1 aliphatic rings. The molecule has 0 N–H and O–H groups in total. The quantitative estimate of drug-likeness (QED) is 0.283. The molecule has 4 aromatic carbocycles. The molecular weight excluding hydrogens is 417 g/mol. The Kier molecular flexibility index (Phi) is 3.31. The molecule has 168 valence electrons. The van der Waals surface area contributed by atoms with Crippen LogP contribution >= 0.6 is 0 Å². The number of benzene rings is 4. The molecule has 1 saturated heterocycles. The van der Waals surface area contributed by atoms with Crippen LogP contribution < -0.4 is 5.46 Å². The Hall–Kier alpha value is -3.34. The predicted octanol–water partition coefficient (Wildman–Crippen LogP) is 6.75. The predicted molar refractivity (Wildman–Crippen MR) is 142 cm³/mol. The molecule has 5 aromatic rings. The van der Waals surface area contributed by atoms with Gasteiger partial charge < -0.3 is 13.9 Å². The first-order chi connectivity index (χ1) is 19.3. The van der Waals surface area contributed by atoms with E-state index < -0.39 is 30.4 Å². The van der Waals surface area contributed by atoms with E-state index >= 15 is 0 Å². The minimum Gasteiger partial charge on any atom is -0.399 e. The maximum Gasteiger partial charge on any atom is 0.494 e. The molecule has 0 unspecified atom stereocenters. The van der Waals surface area contributed by atoms with Crippen molar-refractivity contribution in [2.24, 2.45) is 0 Å². The molecule has 0 spiro atoms. The zero-order valence-electron chi connectivity index (χ0n) is 26.5. The van der Waals surface area contributed by atoms with Crippen LogP contribution in [0.15, 0.2) is 96.9 Å². The number of fused-ring (bicyclic) bond motifs is 3. The number of hydrogen-bond acceptors (Lipinski definition) is 2. The Morgan fingerprint density at radius 1 is 0.706 bits per heavy atom. The summed E-state index contributed by atoms with van der Waals surface area (Å²) in [4.78, 5) is 0. The topological polar surface area (TPSA) is 23.4 Å². The van der Waals surface area contributed by atoms with E-state index in [1.165, 1.54) is 0 Å². The van der Waals surface area contributed by atoms with Gasteiger partial charge in [0.1, 0.15) is 0 Å². The minimum absolute atomic E-state index is 0.0621. The van der Waals surface area contributed by atoms with Crippen LogP contribution in [0.3, 0.4) is 0 Å². The molecular formula is C30H28BNO2. The smallest absolute Gasteiger partial charge is 0.399 e. The van der Waals surface area contributed by atoms with E-state index in [4.69, 9.17) is 17.5 Å². The largest absolute Gasteiger partial charge is 0.494 e. The SMILES string of the molecule is [2H]c1c([2H])c([2H])c2c(c1[2H])c1c([2H])c(B3OC(C)(C)C(C)(C)O3)c([2H])c([2H])c1n2-c1ccc(-c2ccccc2)cc1. The van der Waals surface area contributed by atoms with Gasteiger partial charge in [0.25, 0.3) is 0 Å². The summed E-state index contributed by atoms with van der Waals surface area (Å²) in [5, 5.41) is 0.277. The van der Waals surface area contributed by atoms with Crippen molar-refractivity contribution in [3.8, 4) is 16.8 Å². The van der Waals surface area contributed by atoms with Crippen LogP contribution in [0.25, 0.3) is 38.6 Å². The third-order valence-corrected chi connectivity index (χ3v) is 6.90. The molecule has 0 amide bonds. The van der Waals surface area contributed by atoms with E-state index in [-0.39, 0.29) is 57.5 Å². The lowest BCUT2D eigenvalue weighted by molar-refractivity contribution is 0.00578. The molecule has 4 heteroatoms. The third-order valence-electron chi connectivity index (χ3n) is 6.90. The minimum atomic E-state index is -1.09. The molecule has 1 aliphatic heterocycles. The van der Waals surface area contributed by atoms with E-state index in [1.54, 1.807) is 4.57 Å². The first-order valence-corrected chi connectivity index (χ1v) is 11.3. The van der Waals surface area contributed by atoms with E-state index in [1.807, 2.05) is 82.3 Å². The van der Waals surface area contributed by atoms with Crippen LogP contribution in [0.1, 0.15) is 37.3 Å². The lowest BCUT2D eigenvalue weighted by Crippen LogP contribution is -2.41. The fraction of sp³-hybridized carbons (Fsp3) is 0.200. The van der Waals surface area contributed by atoms with Crippen LogP contribution in [-0.2, 0) is 9.31 Å². The molecule has 34 heavy (non-hydrogen) atoms. The Bertz CT molecular complexity index is 1850. The summed E-state index contributed by atoms with van der Waals surface area (Å²) in [6.45, 7) is 7.45. The zero-order valence-corrected chi connectivity index (χ0v) is 19.5. The van der Waals surface area contributed by atoms with Crippen molar-refractivity contribution in [1.82, 2.24) is 4.57 Å². The molecule has 1 fully saturated rings. The number of aromatic nitrogens is 1. The first kappa shape index (κ1) is 14.8. The fourth-order valence-electron chi connectivity index (χ4n) is 4.30. The summed E-state index contributed by atoms with van der Waals surface area (Å²) in [6, 6.07) is 15.2. The monoisotopic (exact) mass is 452 g/mol. The van der Waals surface area contributed by atoms with Crippen LogP contribution in [0.2, 0.25) is 0 Å². The summed E-state index contributed by atoms with van der Waals surface area (Å²) < 4.78 is 75.6. The second-order valence-corrected chi connectivity index (χ2v) is 9.57. The molecule has 1 aromatic heterocycles. The molecule has 0 radical (unpaired) electrons. The van der Waals surface area contributed by atoms with Gasteiger partial charge in [0.2, 0.25) is 0 Å². The summed E-state index contributed by atoms with van der Waals surface area (Å²) in [6.07, 6.45) is 0. The second kappa shape index (κ2) is 7.59. The molecule has 0 atom stereocenters. The summed E-state index contributed by atoms with van der Waals surface area (Å²) >= 11 is 0. The summed E-state index contributed by atoms with van der Waals surface area (Å²) in [5.41, 5.74) is 1.39. The highest BCUT2D eigenvalue weighted by Crippen LogP contribution is 2.37. The molecule has 0 bridgehead atoms. The van der Waals surface area contributed by atoms with E-state index in [0.717, 1.165) is 11.1 Å². The standard InChI is InChI=1S/C30H28BNO2/c1-29(2)30(3,4)34-31(33-29)23-16-19-28-26(20-23)25-12-8-9-13-27(25)32(28)24-17-14-22(15-18-24)21-10-6-5-7-11-21/h5-20H,1-4H3/i8D,9D,12D,13D,16D,19D,20D. The Morgan fingerprint density at radius 2 is 1.32 bits per heavy atom. The highest BCUT2D eigenvalue weighted by atomic mass is 16.7. The van der Waals surface area contributed by atoms with Crippen LogP contribution in [0.4, 0.5) is 0 Å². The van der Waals surface area contributed by atoms with E-state index in [2.05, 4.69) is 0 Å². The lowest BCUT2D eigenvalue weighted by Gasteiger charge is -2.32. The van der Waals surface area contributed by atoms with Gasteiger partial charge in [-0.2, -0.15) is 0 Å². The van der Waals surface area contributed by atoms with Crippen molar-refractivity contribution >= 4 is 34.4 Å². The van der Waals surface area contributed by atoms with Gasteiger partial charge >= 0.3 is 7.12 Å². The van der Waals surface area contributed by atoms with Gasteiger partial charge in [0.05, 0.1) is 31.8 Å². The molecule has 2 heterocycles. The fourth-order valence-corrected chi connectivity index (χ4v) is 4.30. The normalized spacial score (nSPS) is 19.9. The van der Waals surface area contributed by atoms with Gasteiger partial charge in [-0.05, 0) is 68.5 Å². The number of rotatable bonds is 3. The van der Waals surface area contributed by atoms with Crippen molar-refractivity contribution in [2.45, 2.75) is 38.9 Å². The van der Waals surface area contributed by atoms with Crippen molar-refractivity contribution in [1.29, 1.82) is 0 Å². The third kappa shape index (κ3) is 3.29. The number of para-hydroxylation sites is 1. The molecule has 0 aliphatic carbocycles. The average molecular weight is 452 g/mol. The Labute approximate surface area is 210 Å². The van der Waals surface area contributed by atoms with Gasteiger partial charge in [-0.25, -0.2) is 0 Å². The first-order valence-electron chi connectivity index (χ1n) is 14.8. The van der Waals surface area contributed by atoms with E-state index in [9.17, 15) is 1.37 Å². The van der Waals surface area contributed by atoms with Crippen molar-refractivity contribution < 1.29 is 18.9 Å². The summed E-state index contributed by atoms with van der Waals surface area (Å²) in [5.74, 6) is 0. The van der Waals surface area contributed by atoms with E-state index in [0.29, 0.717) is 5.69 Å². The van der Waals surface area contributed by atoms with Gasteiger partial charge in [-0.3, -0.25) is 0 Å². The molecule has 3 nitrogen and oxygen atoms in total. The van der Waals surface area contributed by atoms with Gasteiger partial charge in [0.15, 0.2) is 0 Å². The van der Waals surface area contributed by atoms with Crippen molar-refractivity contribution in [3.63, 3.8) is 0 Å². The van der Waals surface area contributed by atoms with Crippen LogP contribution in [-0.4, -0.2) is 22.9 Å². The highest BCUT2D eigenvalue weighted by Gasteiger charge is 2.51. The average Bonchev–Trinajstić information content (AvgIpc) is 3.41. The lowest BCUT2D eigenvalue weighted by atomic mass is 9.78. The number of nitrogens with zero attached hydrogens (tertiary/aromatic N) is 1. The van der Waals surface area contributed by atoms with Crippen molar-refractivity contribution in [3.05, 3.63) is 96.9 Å². The number of hydrogen-bond donors (Lipinski definition) is 0. The van der Waals surface area contributed by atoms with Gasteiger partial charge in [-0.15, -0.1) is 0 Å². The van der Waals surface area contributed by atoms with Crippen LogP contribution in [0.5, 0.6) is 0 Å². The Morgan fingerprint density at radius 3 is 2.03 bits per heavy atom. The molecule has 0 saturated carbocycles. The van der Waals surface area contributed by atoms with Gasteiger partial charge in [-0.1, -0.05) is 72.7 Å². The second-order valence-electron chi connectivity index (χ2n) is 9.57. The maximum atomic E-state index is 9.27. The zero-order chi connectivity index (χ0) is 29.6. The van der Waals surface area contributed by atoms with Crippen LogP contribution in [0, 0.1) is 0 Å². The molecule has 6 rings (SSSR count). The summed E-state index contributed by atoms with van der Waals surface area (Å²) in [7, 11) is -1.09. The Balaban J connectivity index is 1.70. The maximum absolute atomic E-state index is 9.27. The highest BCUT2D eigenvalue weighted by molar-refractivity contribution is 6.62. The van der Waals surface area contributed by atoms with Gasteiger partial charge in [0, 0.05) is 16.5 Å².